The van der Waals surface area contributed by atoms with Crippen molar-refractivity contribution in [2.45, 2.75) is 13.0 Å². The summed E-state index contributed by atoms with van der Waals surface area (Å²) in [5, 5.41) is 2.67. The van der Waals surface area contributed by atoms with Gasteiger partial charge in [0.05, 0.1) is 16.8 Å². The van der Waals surface area contributed by atoms with Crippen molar-refractivity contribution in [2.24, 2.45) is 5.73 Å². The molecule has 0 fully saturated rings. The summed E-state index contributed by atoms with van der Waals surface area (Å²) in [4.78, 5) is 5.46. The Morgan fingerprint density at radius 2 is 2.20 bits per heavy atom. The minimum atomic E-state index is -0.159. The molecule has 0 aliphatic carbocycles. The molecule has 2 aromatic heterocycles. The maximum absolute atomic E-state index is 6.11. The molecule has 2 nitrogen and oxygen atoms in total. The summed E-state index contributed by atoms with van der Waals surface area (Å²) in [6, 6.07) is 5.56. The van der Waals surface area contributed by atoms with Crippen molar-refractivity contribution < 1.29 is 0 Å². The molecule has 1 unspecified atom stereocenters. The number of rotatable bonds is 2. The van der Waals surface area contributed by atoms with E-state index in [1.807, 2.05) is 23.6 Å². The van der Waals surface area contributed by atoms with Gasteiger partial charge in [0.1, 0.15) is 0 Å². The van der Waals surface area contributed by atoms with E-state index in [1.54, 1.807) is 17.5 Å². The van der Waals surface area contributed by atoms with Gasteiger partial charge >= 0.3 is 0 Å². The first kappa shape index (κ1) is 10.6. The van der Waals surface area contributed by atoms with E-state index >= 15 is 0 Å². The number of nitrogens with zero attached hydrogens (tertiary/aromatic N) is 1. The molecule has 0 saturated heterocycles. The largest absolute Gasteiger partial charge is 0.319 e. The van der Waals surface area contributed by atoms with Crippen LogP contribution < -0.4 is 5.73 Å². The molecule has 0 aromatic carbocycles. The Labute approximate surface area is 97.7 Å². The highest BCUT2D eigenvalue weighted by Crippen LogP contribution is 2.25. The van der Waals surface area contributed by atoms with Crippen molar-refractivity contribution >= 4 is 22.9 Å². The summed E-state index contributed by atoms with van der Waals surface area (Å²) >= 11 is 7.47. The molecular formula is C11H11ClN2S. The SMILES string of the molecule is Cc1sccc1C(N)c1ccc(Cl)cn1. The third-order valence-corrected chi connectivity index (χ3v) is 3.39. The quantitative estimate of drug-likeness (QED) is 0.873. The number of aryl methyl sites for hydroxylation is 1. The number of hydrogen-bond donors (Lipinski definition) is 1. The van der Waals surface area contributed by atoms with Gasteiger partial charge in [-0.2, -0.15) is 0 Å². The van der Waals surface area contributed by atoms with Crippen LogP contribution in [0.4, 0.5) is 0 Å². The number of hydrogen-bond acceptors (Lipinski definition) is 3. The Morgan fingerprint density at radius 3 is 2.73 bits per heavy atom. The van der Waals surface area contributed by atoms with Crippen LogP contribution in [-0.4, -0.2) is 4.98 Å². The zero-order valence-corrected chi connectivity index (χ0v) is 9.85. The molecule has 0 amide bonds. The van der Waals surface area contributed by atoms with Gasteiger partial charge in [-0.1, -0.05) is 11.6 Å². The van der Waals surface area contributed by atoms with E-state index < -0.39 is 0 Å². The van der Waals surface area contributed by atoms with Crippen molar-refractivity contribution in [1.82, 2.24) is 4.98 Å². The molecule has 0 radical (unpaired) electrons. The van der Waals surface area contributed by atoms with Crippen LogP contribution in [0.25, 0.3) is 0 Å². The second-order valence-electron chi connectivity index (χ2n) is 3.31. The molecule has 2 rings (SSSR count). The molecule has 4 heteroatoms. The van der Waals surface area contributed by atoms with Crippen LogP contribution in [0.15, 0.2) is 29.8 Å². The van der Waals surface area contributed by atoms with Crippen LogP contribution in [0.3, 0.4) is 0 Å². The third-order valence-electron chi connectivity index (χ3n) is 2.30. The van der Waals surface area contributed by atoms with E-state index in [1.165, 1.54) is 4.88 Å². The average molecular weight is 239 g/mol. The lowest BCUT2D eigenvalue weighted by Crippen LogP contribution is -2.13. The van der Waals surface area contributed by atoms with Crippen molar-refractivity contribution in [3.05, 3.63) is 50.9 Å². The van der Waals surface area contributed by atoms with Gasteiger partial charge in [0.25, 0.3) is 0 Å². The molecular weight excluding hydrogens is 228 g/mol. The standard InChI is InChI=1S/C11H11ClN2S/c1-7-9(4-5-15-7)11(13)10-3-2-8(12)6-14-10/h2-6,11H,13H2,1H3. The van der Waals surface area contributed by atoms with Gasteiger partial charge in [0.2, 0.25) is 0 Å². The normalized spacial score (nSPS) is 12.7. The molecule has 2 aromatic rings. The molecule has 0 aliphatic heterocycles. The molecule has 2 heterocycles. The predicted octanol–water partition coefficient (Wildman–Crippen LogP) is 3.15. The zero-order valence-electron chi connectivity index (χ0n) is 8.27. The van der Waals surface area contributed by atoms with Gasteiger partial charge in [-0.15, -0.1) is 11.3 Å². The molecule has 78 valence electrons. The Kier molecular flexibility index (Phi) is 3.05. The monoisotopic (exact) mass is 238 g/mol. The lowest BCUT2D eigenvalue weighted by molar-refractivity contribution is 0.827. The smallest absolute Gasteiger partial charge is 0.0737 e. The second-order valence-corrected chi connectivity index (χ2v) is 4.87. The Balaban J connectivity index is 2.32. The number of halogens is 1. The summed E-state index contributed by atoms with van der Waals surface area (Å²) in [6.07, 6.45) is 1.62. The van der Waals surface area contributed by atoms with E-state index in [4.69, 9.17) is 17.3 Å². The van der Waals surface area contributed by atoms with Crippen molar-refractivity contribution in [3.8, 4) is 0 Å². The van der Waals surface area contributed by atoms with Crippen molar-refractivity contribution in [1.29, 1.82) is 0 Å². The fourth-order valence-electron chi connectivity index (χ4n) is 1.45. The highest BCUT2D eigenvalue weighted by atomic mass is 35.5. The minimum Gasteiger partial charge on any atom is -0.319 e. The van der Waals surface area contributed by atoms with Gasteiger partial charge in [-0.3, -0.25) is 4.98 Å². The van der Waals surface area contributed by atoms with Crippen LogP contribution in [0.2, 0.25) is 5.02 Å². The molecule has 1 atom stereocenters. The van der Waals surface area contributed by atoms with Gasteiger partial charge in [0.15, 0.2) is 0 Å². The first-order valence-corrected chi connectivity index (χ1v) is 5.85. The molecule has 0 aliphatic rings. The lowest BCUT2D eigenvalue weighted by Gasteiger charge is -2.10. The van der Waals surface area contributed by atoms with Crippen molar-refractivity contribution in [2.75, 3.05) is 0 Å². The van der Waals surface area contributed by atoms with Crippen LogP contribution in [0, 0.1) is 6.92 Å². The molecule has 15 heavy (non-hydrogen) atoms. The molecule has 0 saturated carbocycles. The third kappa shape index (κ3) is 2.20. The summed E-state index contributed by atoms with van der Waals surface area (Å²) in [6.45, 7) is 2.07. The molecule has 2 N–H and O–H groups in total. The van der Waals surface area contributed by atoms with E-state index in [9.17, 15) is 0 Å². The van der Waals surface area contributed by atoms with Crippen LogP contribution in [0.5, 0.6) is 0 Å². The Bertz CT molecular complexity index is 450. The first-order valence-electron chi connectivity index (χ1n) is 4.59. The van der Waals surface area contributed by atoms with Gasteiger partial charge in [0, 0.05) is 11.1 Å². The van der Waals surface area contributed by atoms with E-state index in [2.05, 4.69) is 11.9 Å². The number of aromatic nitrogens is 1. The predicted molar refractivity (Wildman–Crippen MR) is 64.3 cm³/mol. The average Bonchev–Trinajstić information content (AvgIpc) is 2.65. The van der Waals surface area contributed by atoms with E-state index in [0.717, 1.165) is 11.3 Å². The van der Waals surface area contributed by atoms with Gasteiger partial charge < -0.3 is 5.73 Å². The first-order chi connectivity index (χ1) is 7.18. The van der Waals surface area contributed by atoms with E-state index in [-0.39, 0.29) is 6.04 Å². The topological polar surface area (TPSA) is 38.9 Å². The van der Waals surface area contributed by atoms with E-state index in [0.29, 0.717) is 5.02 Å². The van der Waals surface area contributed by atoms with Crippen molar-refractivity contribution in [3.63, 3.8) is 0 Å². The Hall–Kier alpha value is -0.900. The van der Waals surface area contributed by atoms with Crippen LogP contribution >= 0.6 is 22.9 Å². The van der Waals surface area contributed by atoms with Crippen LogP contribution in [-0.2, 0) is 0 Å². The maximum atomic E-state index is 6.11. The molecule has 0 bridgehead atoms. The summed E-state index contributed by atoms with van der Waals surface area (Å²) in [7, 11) is 0. The number of thiophene rings is 1. The van der Waals surface area contributed by atoms with Gasteiger partial charge in [-0.05, 0) is 36.1 Å². The number of nitrogens with two attached hydrogens (primary N) is 1. The lowest BCUT2D eigenvalue weighted by atomic mass is 10.1. The summed E-state index contributed by atoms with van der Waals surface area (Å²) in [5.41, 5.74) is 8.09. The summed E-state index contributed by atoms with van der Waals surface area (Å²) in [5.74, 6) is 0. The number of pyridine rings is 1. The Morgan fingerprint density at radius 1 is 1.40 bits per heavy atom. The minimum absolute atomic E-state index is 0.159. The second kappa shape index (κ2) is 4.31. The maximum Gasteiger partial charge on any atom is 0.0737 e. The fraction of sp³-hybridized carbons (Fsp3) is 0.182. The molecule has 0 spiro atoms. The highest BCUT2D eigenvalue weighted by molar-refractivity contribution is 7.10. The van der Waals surface area contributed by atoms with Crippen LogP contribution in [0.1, 0.15) is 22.2 Å². The fourth-order valence-corrected chi connectivity index (χ4v) is 2.31. The zero-order chi connectivity index (χ0) is 10.8. The highest BCUT2D eigenvalue weighted by Gasteiger charge is 2.13. The summed E-state index contributed by atoms with van der Waals surface area (Å²) < 4.78 is 0. The van der Waals surface area contributed by atoms with Gasteiger partial charge in [-0.25, -0.2) is 0 Å².